The topological polar surface area (TPSA) is 36.9 Å². The zero-order valence-electron chi connectivity index (χ0n) is 22.2. The van der Waals surface area contributed by atoms with Gasteiger partial charge >= 0.3 is 0 Å². The van der Waals surface area contributed by atoms with Gasteiger partial charge in [-0.1, -0.05) is 72.8 Å². The van der Waals surface area contributed by atoms with Gasteiger partial charge in [0.05, 0.1) is 28.4 Å². The first-order valence-corrected chi connectivity index (χ1v) is 15.3. The molecular weight excluding hydrogens is 605 g/mol. The maximum atomic E-state index is 5.79. The van der Waals surface area contributed by atoms with Gasteiger partial charge in [-0.25, -0.2) is 0 Å². The van der Waals surface area contributed by atoms with E-state index in [0.717, 1.165) is 41.7 Å². The summed E-state index contributed by atoms with van der Waals surface area (Å²) in [6.45, 7) is 0. The normalized spacial score (nSPS) is 10.7. The van der Waals surface area contributed by atoms with Gasteiger partial charge in [0.1, 0.15) is 23.0 Å². The molecule has 0 aliphatic rings. The minimum absolute atomic E-state index is 0. The second-order valence-corrected chi connectivity index (χ2v) is 12.9. The van der Waals surface area contributed by atoms with Crippen molar-refractivity contribution in [3.63, 3.8) is 0 Å². The number of ether oxygens (including phenoxy) is 4. The van der Waals surface area contributed by atoms with Crippen molar-refractivity contribution in [2.45, 2.75) is 6.42 Å². The van der Waals surface area contributed by atoms with E-state index in [1.54, 1.807) is 28.4 Å². The van der Waals surface area contributed by atoms with E-state index < -0.39 is 15.8 Å². The van der Waals surface area contributed by atoms with Crippen molar-refractivity contribution in [2.75, 3.05) is 40.8 Å². The third-order valence-electron chi connectivity index (χ3n) is 6.27. The predicted octanol–water partition coefficient (Wildman–Crippen LogP) is 5.67. The molecule has 0 unspecified atom stereocenters. The monoisotopic (exact) mass is 638 g/mol. The zero-order valence-corrected chi connectivity index (χ0v) is 25.5. The predicted molar refractivity (Wildman–Crippen MR) is 159 cm³/mol. The van der Waals surface area contributed by atoms with Gasteiger partial charge in [-0.3, -0.25) is 0 Å². The summed E-state index contributed by atoms with van der Waals surface area (Å²) in [6.07, 6.45) is 3.06. The van der Waals surface area contributed by atoms with E-state index in [4.69, 9.17) is 18.9 Å². The van der Waals surface area contributed by atoms with Crippen molar-refractivity contribution in [3.05, 3.63) is 97.1 Å². The van der Waals surface area contributed by atoms with Gasteiger partial charge < -0.3 is 18.9 Å². The molecule has 0 radical (unpaired) electrons. The Morgan fingerprint density at radius 1 is 0.421 bits per heavy atom. The average Bonchev–Trinajstić information content (AvgIpc) is 2.97. The minimum Gasteiger partial charge on any atom is -0.496 e. The molecule has 0 fully saturated rings. The Bertz CT molecular complexity index is 1110. The van der Waals surface area contributed by atoms with Crippen LogP contribution in [-0.4, -0.2) is 40.8 Å². The third-order valence-corrected chi connectivity index (χ3v) is 11.6. The molecule has 0 N–H and O–H groups in total. The number of methoxy groups -OCH3 is 4. The molecule has 0 aliphatic heterocycles. The van der Waals surface area contributed by atoms with Gasteiger partial charge in [0.2, 0.25) is 0 Å². The van der Waals surface area contributed by atoms with Crippen LogP contribution in [0, 0.1) is 0 Å². The van der Waals surface area contributed by atoms with Crippen molar-refractivity contribution in [1.82, 2.24) is 0 Å². The van der Waals surface area contributed by atoms with Crippen molar-refractivity contribution in [1.29, 1.82) is 0 Å². The van der Waals surface area contributed by atoms with Crippen LogP contribution < -0.4 is 40.2 Å². The number of benzene rings is 4. The van der Waals surface area contributed by atoms with Crippen LogP contribution in [0.25, 0.3) is 0 Å². The Hall–Kier alpha value is -2.40. The maximum absolute atomic E-state index is 5.79. The fraction of sp³-hybridized carbons (Fsp3) is 0.226. The van der Waals surface area contributed by atoms with Crippen molar-refractivity contribution in [3.8, 4) is 23.0 Å². The van der Waals surface area contributed by atoms with Crippen LogP contribution in [0.15, 0.2) is 97.1 Å². The van der Waals surface area contributed by atoms with Crippen LogP contribution in [0.4, 0.5) is 0 Å². The van der Waals surface area contributed by atoms with Crippen molar-refractivity contribution in [2.24, 2.45) is 0 Å². The zero-order chi connectivity index (χ0) is 26.0. The second kappa shape index (κ2) is 15.3. The quantitative estimate of drug-likeness (QED) is 0.148. The smallest absolute Gasteiger partial charge is 0.126 e. The molecule has 4 aromatic rings. The van der Waals surface area contributed by atoms with Gasteiger partial charge in [0.15, 0.2) is 0 Å². The van der Waals surface area contributed by atoms with Crippen LogP contribution in [0.1, 0.15) is 6.42 Å². The summed E-state index contributed by atoms with van der Waals surface area (Å²) in [7, 11) is 5.59. The number of rotatable bonds is 12. The van der Waals surface area contributed by atoms with Gasteiger partial charge in [0, 0.05) is 41.6 Å². The summed E-state index contributed by atoms with van der Waals surface area (Å²) in [5, 5.41) is 4.96. The van der Waals surface area contributed by atoms with Gasteiger partial charge in [0.25, 0.3) is 0 Å². The van der Waals surface area contributed by atoms with E-state index in [-0.39, 0.29) is 20.4 Å². The van der Waals surface area contributed by atoms with E-state index in [1.807, 2.05) is 24.3 Å². The molecule has 0 aromatic heterocycles. The minimum atomic E-state index is -0.697. The average molecular weight is 639 g/mol. The fourth-order valence-electron chi connectivity index (χ4n) is 4.54. The molecule has 0 heterocycles. The summed E-state index contributed by atoms with van der Waals surface area (Å²) in [4.78, 5) is 0. The van der Waals surface area contributed by atoms with Crippen LogP contribution in [0.5, 0.6) is 23.0 Å². The van der Waals surface area contributed by atoms with Crippen LogP contribution >= 0.6 is 15.8 Å². The molecular formula is C31H34O4P2Pd. The summed E-state index contributed by atoms with van der Waals surface area (Å²) in [6, 6.07) is 33.5. The molecule has 4 aromatic carbocycles. The van der Waals surface area contributed by atoms with E-state index in [0.29, 0.717) is 0 Å². The molecule has 0 saturated carbocycles. The molecule has 202 valence electrons. The Morgan fingerprint density at radius 3 is 0.895 bits per heavy atom. The molecule has 0 atom stereocenters. The van der Waals surface area contributed by atoms with E-state index in [2.05, 4.69) is 72.8 Å². The SMILES string of the molecule is COc1ccccc1P(CCCP(c1ccccc1OC)c1ccccc1OC)c1ccccc1OC.[Pd]. The van der Waals surface area contributed by atoms with Crippen LogP contribution in [-0.2, 0) is 20.4 Å². The Morgan fingerprint density at radius 2 is 0.658 bits per heavy atom. The van der Waals surface area contributed by atoms with Crippen molar-refractivity contribution < 1.29 is 39.4 Å². The molecule has 0 spiro atoms. The molecule has 0 saturated heterocycles. The fourth-order valence-corrected chi connectivity index (χ4v) is 10.0. The molecule has 38 heavy (non-hydrogen) atoms. The van der Waals surface area contributed by atoms with E-state index >= 15 is 0 Å². The second-order valence-electron chi connectivity index (χ2n) is 8.34. The van der Waals surface area contributed by atoms with Gasteiger partial charge in [-0.15, -0.1) is 0 Å². The summed E-state index contributed by atoms with van der Waals surface area (Å²) < 4.78 is 23.2. The molecule has 4 nitrogen and oxygen atoms in total. The van der Waals surface area contributed by atoms with Crippen LogP contribution in [0.3, 0.4) is 0 Å². The number of hydrogen-bond donors (Lipinski definition) is 0. The summed E-state index contributed by atoms with van der Waals surface area (Å²) >= 11 is 0. The number of para-hydroxylation sites is 4. The Kier molecular flexibility index (Phi) is 12.1. The first-order chi connectivity index (χ1) is 18.2. The van der Waals surface area contributed by atoms with Crippen LogP contribution in [0.2, 0.25) is 0 Å². The molecule has 0 amide bonds. The Labute approximate surface area is 242 Å². The number of hydrogen-bond acceptors (Lipinski definition) is 4. The summed E-state index contributed by atoms with van der Waals surface area (Å²) in [5.41, 5.74) is 0. The van der Waals surface area contributed by atoms with E-state index in [9.17, 15) is 0 Å². The van der Waals surface area contributed by atoms with E-state index in [1.165, 1.54) is 21.2 Å². The van der Waals surface area contributed by atoms with Crippen molar-refractivity contribution >= 4 is 37.1 Å². The molecule has 0 aliphatic carbocycles. The molecule has 7 heteroatoms. The summed E-state index contributed by atoms with van der Waals surface area (Å²) in [5.74, 6) is 3.71. The molecule has 0 bridgehead atoms. The van der Waals surface area contributed by atoms with Gasteiger partial charge in [-0.2, -0.15) is 0 Å². The largest absolute Gasteiger partial charge is 0.496 e. The standard InChI is InChI=1S/C31H34O4P2.Pd/c1-32-24-14-5-9-18-28(24)36(29-19-10-6-15-25(29)33-2)22-13-23-37(30-20-11-7-16-26(30)34-3)31-21-12-8-17-27(31)35-4;/h5-12,14-21H,13,22-23H2,1-4H3;. The first kappa shape index (κ1) is 30.1. The van der Waals surface area contributed by atoms with Gasteiger partial charge in [-0.05, 0) is 58.9 Å². The third kappa shape index (κ3) is 6.97. The molecule has 4 rings (SSSR count). The first-order valence-electron chi connectivity index (χ1n) is 12.3. The maximum Gasteiger partial charge on any atom is 0.126 e. The Balaban J connectivity index is 0.00000400.